The van der Waals surface area contributed by atoms with Crippen LogP contribution in [-0.4, -0.2) is 62.0 Å². The highest BCUT2D eigenvalue weighted by molar-refractivity contribution is 5.79. The number of nitrogens with two attached hydrogens (primary N) is 1. The molecule has 1 rings (SSSR count). The van der Waals surface area contributed by atoms with E-state index in [9.17, 15) is 0 Å². The van der Waals surface area contributed by atoms with Crippen molar-refractivity contribution in [3.05, 3.63) is 0 Å². The third-order valence-corrected chi connectivity index (χ3v) is 2.85. The van der Waals surface area contributed by atoms with E-state index in [-0.39, 0.29) is 0 Å². The molecule has 1 aliphatic heterocycles. The predicted molar refractivity (Wildman–Crippen MR) is 60.7 cm³/mol. The summed E-state index contributed by atoms with van der Waals surface area (Å²) in [5.74, 6) is 0.770. The van der Waals surface area contributed by atoms with Crippen molar-refractivity contribution in [2.45, 2.75) is 19.4 Å². The Hall–Kier alpha value is -0.610. The molecule has 0 saturated carbocycles. The third-order valence-electron chi connectivity index (χ3n) is 2.85. The van der Waals surface area contributed by atoms with Gasteiger partial charge in [-0.1, -0.05) is 6.92 Å². The monoisotopic (exact) mass is 198 g/mol. The van der Waals surface area contributed by atoms with Crippen molar-refractivity contribution in [1.29, 1.82) is 0 Å². The molecule has 0 aromatic carbocycles. The Labute approximate surface area is 86.8 Å². The molecule has 1 heterocycles. The van der Waals surface area contributed by atoms with Crippen molar-refractivity contribution in [1.82, 2.24) is 9.80 Å². The number of rotatable bonds is 3. The maximum atomic E-state index is 5.69. The van der Waals surface area contributed by atoms with Crippen LogP contribution in [0.25, 0.3) is 0 Å². The summed E-state index contributed by atoms with van der Waals surface area (Å²) in [6, 6.07) is 0.527. The summed E-state index contributed by atoms with van der Waals surface area (Å²) < 4.78 is 0. The number of aliphatic imine (C=N–C) groups is 1. The lowest BCUT2D eigenvalue weighted by Gasteiger charge is -2.36. The van der Waals surface area contributed by atoms with Crippen LogP contribution in [0.1, 0.15) is 13.3 Å². The van der Waals surface area contributed by atoms with E-state index in [1.807, 2.05) is 6.92 Å². The lowest BCUT2D eigenvalue weighted by Crippen LogP contribution is -2.51. The van der Waals surface area contributed by atoms with Crippen LogP contribution < -0.4 is 5.73 Å². The lowest BCUT2D eigenvalue weighted by molar-refractivity contribution is 0.119. The first-order chi connectivity index (χ1) is 6.63. The van der Waals surface area contributed by atoms with Crippen LogP contribution in [0, 0.1) is 0 Å². The van der Waals surface area contributed by atoms with Gasteiger partial charge in [0.2, 0.25) is 0 Å². The molecule has 0 spiro atoms. The van der Waals surface area contributed by atoms with Gasteiger partial charge in [-0.2, -0.15) is 0 Å². The molecule has 2 N–H and O–H groups in total. The molecule has 0 aromatic heterocycles. The summed E-state index contributed by atoms with van der Waals surface area (Å²) in [5.41, 5.74) is 5.69. The second-order valence-corrected chi connectivity index (χ2v) is 4.08. The van der Waals surface area contributed by atoms with Crippen LogP contribution in [0.2, 0.25) is 0 Å². The van der Waals surface area contributed by atoms with Gasteiger partial charge in [0.25, 0.3) is 0 Å². The first kappa shape index (κ1) is 11.5. The molecule has 1 aliphatic rings. The van der Waals surface area contributed by atoms with Gasteiger partial charge in [0.15, 0.2) is 0 Å². The topological polar surface area (TPSA) is 44.9 Å². The molecule has 0 amide bonds. The summed E-state index contributed by atoms with van der Waals surface area (Å²) >= 11 is 0. The van der Waals surface area contributed by atoms with Gasteiger partial charge in [-0.3, -0.25) is 9.89 Å². The molecule has 4 nitrogen and oxygen atoms in total. The predicted octanol–water partition coefficient (Wildman–Crippen LogP) is -0.000600. The van der Waals surface area contributed by atoms with Gasteiger partial charge in [0.1, 0.15) is 0 Å². The van der Waals surface area contributed by atoms with Crippen molar-refractivity contribution < 1.29 is 0 Å². The Morgan fingerprint density at radius 3 is 2.79 bits per heavy atom. The number of nitrogens with zero attached hydrogens (tertiary/aromatic N) is 3. The molecule has 82 valence electrons. The number of amidine groups is 1. The van der Waals surface area contributed by atoms with E-state index in [4.69, 9.17) is 5.73 Å². The Bertz CT molecular complexity index is 202. The van der Waals surface area contributed by atoms with E-state index >= 15 is 0 Å². The summed E-state index contributed by atoms with van der Waals surface area (Å²) in [4.78, 5) is 9.09. The van der Waals surface area contributed by atoms with Gasteiger partial charge >= 0.3 is 0 Å². The molecular weight excluding hydrogens is 176 g/mol. The smallest absolute Gasteiger partial charge is 0.0934 e. The van der Waals surface area contributed by atoms with Gasteiger partial charge in [-0.05, 0) is 14.1 Å². The molecule has 1 saturated heterocycles. The fourth-order valence-corrected chi connectivity index (χ4v) is 1.63. The molecule has 0 radical (unpaired) electrons. The first-order valence-corrected chi connectivity index (χ1v) is 5.31. The lowest BCUT2D eigenvalue weighted by atomic mass is 10.2. The average Bonchev–Trinajstić information content (AvgIpc) is 2.19. The van der Waals surface area contributed by atoms with Crippen molar-refractivity contribution in [3.63, 3.8) is 0 Å². The van der Waals surface area contributed by atoms with E-state index in [0.29, 0.717) is 6.04 Å². The van der Waals surface area contributed by atoms with Crippen molar-refractivity contribution >= 4 is 5.84 Å². The first-order valence-electron chi connectivity index (χ1n) is 5.31. The van der Waals surface area contributed by atoms with Crippen LogP contribution in [0.5, 0.6) is 0 Å². The maximum absolute atomic E-state index is 5.69. The molecule has 1 unspecified atom stereocenters. The van der Waals surface area contributed by atoms with Crippen LogP contribution in [0.3, 0.4) is 0 Å². The van der Waals surface area contributed by atoms with Gasteiger partial charge < -0.3 is 10.6 Å². The van der Waals surface area contributed by atoms with E-state index in [1.165, 1.54) is 0 Å². The average molecular weight is 198 g/mol. The van der Waals surface area contributed by atoms with Crippen molar-refractivity contribution in [2.75, 3.05) is 40.3 Å². The minimum absolute atomic E-state index is 0.527. The van der Waals surface area contributed by atoms with Crippen molar-refractivity contribution in [3.8, 4) is 0 Å². The van der Waals surface area contributed by atoms with Crippen LogP contribution in [-0.2, 0) is 0 Å². The summed E-state index contributed by atoms with van der Waals surface area (Å²) in [6.07, 6.45) is 0.853. The van der Waals surface area contributed by atoms with Crippen molar-refractivity contribution in [2.24, 2.45) is 10.7 Å². The second-order valence-electron chi connectivity index (χ2n) is 4.08. The minimum atomic E-state index is 0.527. The molecular formula is C10H22N4. The number of hydrogen-bond acceptors (Lipinski definition) is 3. The molecule has 0 aromatic rings. The molecule has 14 heavy (non-hydrogen) atoms. The standard InChI is InChI=1S/C10H22N4/c1-4-10(11)12-7-9-8-13(2)5-6-14(9)3/h9H,4-8H2,1-3H3,(H2,11,12). The molecule has 0 bridgehead atoms. The highest BCUT2D eigenvalue weighted by Crippen LogP contribution is 2.06. The molecule has 0 aliphatic carbocycles. The van der Waals surface area contributed by atoms with E-state index in [1.54, 1.807) is 0 Å². The zero-order valence-corrected chi connectivity index (χ0v) is 9.53. The van der Waals surface area contributed by atoms with Crippen LogP contribution in [0.15, 0.2) is 4.99 Å². The Morgan fingerprint density at radius 2 is 2.14 bits per heavy atom. The quantitative estimate of drug-likeness (QED) is 0.513. The van der Waals surface area contributed by atoms with Crippen LogP contribution >= 0.6 is 0 Å². The maximum Gasteiger partial charge on any atom is 0.0934 e. The highest BCUT2D eigenvalue weighted by Gasteiger charge is 2.21. The minimum Gasteiger partial charge on any atom is -0.387 e. The number of likely N-dealkylation sites (N-methyl/N-ethyl adjacent to an activating group) is 2. The SMILES string of the molecule is CCC(N)=NCC1CN(C)CCN1C. The fourth-order valence-electron chi connectivity index (χ4n) is 1.63. The Morgan fingerprint density at radius 1 is 1.43 bits per heavy atom. The summed E-state index contributed by atoms with van der Waals surface area (Å²) in [5, 5.41) is 0. The molecule has 1 atom stereocenters. The summed E-state index contributed by atoms with van der Waals surface area (Å²) in [6.45, 7) is 6.25. The zero-order valence-electron chi connectivity index (χ0n) is 9.53. The highest BCUT2D eigenvalue weighted by atomic mass is 15.3. The number of piperazine rings is 1. The van der Waals surface area contributed by atoms with E-state index < -0.39 is 0 Å². The fraction of sp³-hybridized carbons (Fsp3) is 0.900. The third kappa shape index (κ3) is 3.27. The van der Waals surface area contributed by atoms with E-state index in [2.05, 4.69) is 28.9 Å². The molecule has 4 heteroatoms. The second kappa shape index (κ2) is 5.32. The van der Waals surface area contributed by atoms with Gasteiger partial charge in [0.05, 0.1) is 12.4 Å². The Kier molecular flexibility index (Phi) is 4.35. The number of hydrogen-bond donors (Lipinski definition) is 1. The van der Waals surface area contributed by atoms with Gasteiger partial charge in [-0.15, -0.1) is 0 Å². The zero-order chi connectivity index (χ0) is 10.6. The van der Waals surface area contributed by atoms with Gasteiger partial charge in [0, 0.05) is 32.1 Å². The normalized spacial score (nSPS) is 26.8. The van der Waals surface area contributed by atoms with Crippen LogP contribution in [0.4, 0.5) is 0 Å². The summed E-state index contributed by atoms with van der Waals surface area (Å²) in [7, 11) is 4.32. The van der Waals surface area contributed by atoms with E-state index in [0.717, 1.165) is 38.4 Å². The largest absolute Gasteiger partial charge is 0.387 e. The van der Waals surface area contributed by atoms with Gasteiger partial charge in [-0.25, -0.2) is 0 Å². The Balaban J connectivity index is 2.41. The molecule has 1 fully saturated rings.